The van der Waals surface area contributed by atoms with Gasteiger partial charge in [-0.05, 0) is 30.2 Å². The Labute approximate surface area is 134 Å². The molecule has 0 heterocycles. The normalized spacial score (nSPS) is 10.2. The van der Waals surface area contributed by atoms with E-state index in [0.717, 1.165) is 11.6 Å². The Morgan fingerprint density at radius 2 is 1.87 bits per heavy atom. The Balaban J connectivity index is 1.98. The number of hydrogen-bond donors (Lipinski definition) is 1. The number of hydrogen-bond acceptors (Lipinski definition) is 3. The summed E-state index contributed by atoms with van der Waals surface area (Å²) in [5, 5.41) is 2.47. The van der Waals surface area contributed by atoms with E-state index in [0.29, 0.717) is 12.8 Å². The highest BCUT2D eigenvalue weighted by atomic mass is 19.1. The first-order valence-corrected chi connectivity index (χ1v) is 7.40. The molecule has 120 valence electrons. The molecule has 0 saturated carbocycles. The lowest BCUT2D eigenvalue weighted by atomic mass is 10.2. The standard InChI is InChI=1S/C18H18FNO3/c1-2-6-17(21)20-16-10-9-14(11-15(16)19)18(22)23-12-13-7-4-3-5-8-13/h3-5,7-11H,2,6,12H2,1H3,(H,20,21). The van der Waals surface area contributed by atoms with Crippen molar-refractivity contribution in [2.45, 2.75) is 26.4 Å². The van der Waals surface area contributed by atoms with Gasteiger partial charge >= 0.3 is 5.97 Å². The number of halogens is 1. The number of nitrogens with one attached hydrogen (secondary N) is 1. The largest absolute Gasteiger partial charge is 0.457 e. The van der Waals surface area contributed by atoms with E-state index in [-0.39, 0.29) is 23.8 Å². The minimum absolute atomic E-state index is 0.0584. The fourth-order valence-electron chi connectivity index (χ4n) is 1.99. The van der Waals surface area contributed by atoms with Crippen LogP contribution in [0.2, 0.25) is 0 Å². The maximum absolute atomic E-state index is 14.0. The quantitative estimate of drug-likeness (QED) is 0.822. The summed E-state index contributed by atoms with van der Waals surface area (Å²) in [4.78, 5) is 23.4. The van der Waals surface area contributed by atoms with Gasteiger partial charge in [-0.25, -0.2) is 9.18 Å². The van der Waals surface area contributed by atoms with Crippen LogP contribution in [0, 0.1) is 5.82 Å². The third kappa shape index (κ3) is 4.92. The summed E-state index contributed by atoms with van der Waals surface area (Å²) in [6, 6.07) is 13.1. The van der Waals surface area contributed by atoms with Gasteiger partial charge in [0.1, 0.15) is 12.4 Å². The summed E-state index contributed by atoms with van der Waals surface area (Å²) in [5.74, 6) is -1.53. The second-order valence-electron chi connectivity index (χ2n) is 5.05. The average Bonchev–Trinajstić information content (AvgIpc) is 2.55. The van der Waals surface area contributed by atoms with E-state index < -0.39 is 11.8 Å². The fraction of sp³-hybridized carbons (Fsp3) is 0.222. The van der Waals surface area contributed by atoms with Gasteiger partial charge in [0, 0.05) is 6.42 Å². The molecule has 0 aromatic heterocycles. The van der Waals surface area contributed by atoms with E-state index in [2.05, 4.69) is 5.32 Å². The number of rotatable bonds is 6. The molecule has 5 heteroatoms. The third-order valence-electron chi connectivity index (χ3n) is 3.17. The number of ether oxygens (including phenoxy) is 1. The van der Waals surface area contributed by atoms with Gasteiger partial charge < -0.3 is 10.1 Å². The smallest absolute Gasteiger partial charge is 0.338 e. The predicted octanol–water partition coefficient (Wildman–Crippen LogP) is 3.92. The zero-order valence-corrected chi connectivity index (χ0v) is 12.8. The van der Waals surface area contributed by atoms with Crippen LogP contribution in [-0.4, -0.2) is 11.9 Å². The van der Waals surface area contributed by atoms with Crippen LogP contribution in [0.15, 0.2) is 48.5 Å². The number of esters is 1. The molecule has 0 atom stereocenters. The van der Waals surface area contributed by atoms with Crippen molar-refractivity contribution >= 4 is 17.6 Å². The predicted molar refractivity (Wildman–Crippen MR) is 85.5 cm³/mol. The van der Waals surface area contributed by atoms with Gasteiger partial charge in [-0.2, -0.15) is 0 Å². The number of amides is 1. The highest BCUT2D eigenvalue weighted by molar-refractivity contribution is 5.93. The molecule has 1 amide bonds. The van der Waals surface area contributed by atoms with Gasteiger partial charge in [-0.15, -0.1) is 0 Å². The first-order chi connectivity index (χ1) is 11.1. The van der Waals surface area contributed by atoms with E-state index in [4.69, 9.17) is 4.74 Å². The molecule has 1 N–H and O–H groups in total. The van der Waals surface area contributed by atoms with Gasteiger partial charge in [-0.1, -0.05) is 37.3 Å². The molecule has 0 radical (unpaired) electrons. The van der Waals surface area contributed by atoms with Crippen LogP contribution in [0.25, 0.3) is 0 Å². The summed E-state index contributed by atoms with van der Waals surface area (Å²) < 4.78 is 19.1. The van der Waals surface area contributed by atoms with Crippen LogP contribution in [0.3, 0.4) is 0 Å². The number of carbonyl (C=O) groups is 2. The van der Waals surface area contributed by atoms with Crippen molar-refractivity contribution in [2.24, 2.45) is 0 Å². The van der Waals surface area contributed by atoms with E-state index in [1.165, 1.54) is 12.1 Å². The van der Waals surface area contributed by atoms with Crippen molar-refractivity contribution in [2.75, 3.05) is 5.32 Å². The fourth-order valence-corrected chi connectivity index (χ4v) is 1.99. The molecular formula is C18H18FNO3. The molecule has 2 aromatic carbocycles. The van der Waals surface area contributed by atoms with E-state index in [1.807, 2.05) is 37.3 Å². The minimum atomic E-state index is -0.663. The molecule has 0 spiro atoms. The molecule has 23 heavy (non-hydrogen) atoms. The van der Waals surface area contributed by atoms with Crippen LogP contribution in [0.4, 0.5) is 10.1 Å². The molecule has 0 aliphatic carbocycles. The summed E-state index contributed by atoms with van der Waals surface area (Å²) in [5.41, 5.74) is 1.01. The van der Waals surface area contributed by atoms with Crippen molar-refractivity contribution in [1.29, 1.82) is 0 Å². The van der Waals surface area contributed by atoms with Crippen LogP contribution >= 0.6 is 0 Å². The molecule has 4 nitrogen and oxygen atoms in total. The van der Waals surface area contributed by atoms with Gasteiger partial charge in [-0.3, -0.25) is 4.79 Å². The van der Waals surface area contributed by atoms with Crippen LogP contribution in [-0.2, 0) is 16.1 Å². The third-order valence-corrected chi connectivity index (χ3v) is 3.17. The number of anilines is 1. The summed E-state index contributed by atoms with van der Waals surface area (Å²) in [6.07, 6.45) is 0.998. The van der Waals surface area contributed by atoms with E-state index in [9.17, 15) is 14.0 Å². The van der Waals surface area contributed by atoms with Crippen LogP contribution in [0.1, 0.15) is 35.7 Å². The van der Waals surface area contributed by atoms with Crippen molar-refractivity contribution in [3.05, 3.63) is 65.5 Å². The molecule has 0 unspecified atom stereocenters. The zero-order valence-electron chi connectivity index (χ0n) is 12.8. The number of benzene rings is 2. The monoisotopic (exact) mass is 315 g/mol. The molecule has 2 aromatic rings. The Morgan fingerprint density at radius 1 is 1.13 bits per heavy atom. The van der Waals surface area contributed by atoms with Crippen LogP contribution < -0.4 is 5.32 Å². The minimum Gasteiger partial charge on any atom is -0.457 e. The maximum atomic E-state index is 14.0. The zero-order chi connectivity index (χ0) is 16.7. The van der Waals surface area contributed by atoms with Gasteiger partial charge in [0.2, 0.25) is 5.91 Å². The highest BCUT2D eigenvalue weighted by Crippen LogP contribution is 2.17. The average molecular weight is 315 g/mol. The summed E-state index contributed by atoms with van der Waals surface area (Å²) in [7, 11) is 0. The summed E-state index contributed by atoms with van der Waals surface area (Å²) >= 11 is 0. The van der Waals surface area contributed by atoms with Crippen LogP contribution in [0.5, 0.6) is 0 Å². The first kappa shape index (κ1) is 16.7. The Hall–Kier alpha value is -2.69. The molecule has 0 aliphatic heterocycles. The lowest BCUT2D eigenvalue weighted by molar-refractivity contribution is -0.116. The van der Waals surface area contributed by atoms with Crippen molar-refractivity contribution in [3.8, 4) is 0 Å². The molecule has 2 rings (SSSR count). The van der Waals surface area contributed by atoms with Crippen molar-refractivity contribution < 1.29 is 18.7 Å². The Bertz CT molecular complexity index is 686. The topological polar surface area (TPSA) is 55.4 Å². The van der Waals surface area contributed by atoms with Gasteiger partial charge in [0.25, 0.3) is 0 Å². The van der Waals surface area contributed by atoms with Crippen molar-refractivity contribution in [3.63, 3.8) is 0 Å². The molecule has 0 bridgehead atoms. The van der Waals surface area contributed by atoms with E-state index >= 15 is 0 Å². The maximum Gasteiger partial charge on any atom is 0.338 e. The first-order valence-electron chi connectivity index (χ1n) is 7.40. The Kier molecular flexibility index (Phi) is 5.86. The van der Waals surface area contributed by atoms with Gasteiger partial charge in [0.15, 0.2) is 0 Å². The molecular weight excluding hydrogens is 297 g/mol. The number of carbonyl (C=O) groups excluding carboxylic acids is 2. The van der Waals surface area contributed by atoms with Crippen molar-refractivity contribution in [1.82, 2.24) is 0 Å². The lowest BCUT2D eigenvalue weighted by Gasteiger charge is -2.08. The molecule has 0 aliphatic rings. The highest BCUT2D eigenvalue weighted by Gasteiger charge is 2.12. The Morgan fingerprint density at radius 3 is 2.52 bits per heavy atom. The SMILES string of the molecule is CCCC(=O)Nc1ccc(C(=O)OCc2ccccc2)cc1F. The van der Waals surface area contributed by atoms with Gasteiger partial charge in [0.05, 0.1) is 11.3 Å². The molecule has 0 fully saturated rings. The molecule has 0 saturated heterocycles. The van der Waals surface area contributed by atoms with E-state index in [1.54, 1.807) is 0 Å². The lowest BCUT2D eigenvalue weighted by Crippen LogP contribution is -2.12. The second-order valence-corrected chi connectivity index (χ2v) is 5.05. The summed E-state index contributed by atoms with van der Waals surface area (Å²) in [6.45, 7) is 1.98. The second kappa shape index (κ2) is 8.08.